The van der Waals surface area contributed by atoms with Gasteiger partial charge >= 0.3 is 0 Å². The summed E-state index contributed by atoms with van der Waals surface area (Å²) in [6, 6.07) is 8.25. The van der Waals surface area contributed by atoms with Gasteiger partial charge < -0.3 is 8.83 Å². The van der Waals surface area contributed by atoms with Crippen LogP contribution in [-0.4, -0.2) is 0 Å². The molecule has 2 rings (SSSR count). The minimum absolute atomic E-state index is 0.264. The topological polar surface area (TPSA) is 26.3 Å². The van der Waals surface area contributed by atoms with Crippen molar-refractivity contribution in [2.75, 3.05) is 0 Å². The van der Waals surface area contributed by atoms with E-state index in [9.17, 15) is 0 Å². The van der Waals surface area contributed by atoms with Crippen LogP contribution >= 0.6 is 0 Å². The third kappa shape index (κ3) is 5.93. The van der Waals surface area contributed by atoms with Gasteiger partial charge in [0, 0.05) is 12.8 Å². The molecular formula is C21H32O2. The summed E-state index contributed by atoms with van der Waals surface area (Å²) in [6.45, 7) is 4.55. The molecule has 0 aliphatic rings. The van der Waals surface area contributed by atoms with Gasteiger partial charge in [-0.2, -0.15) is 0 Å². The molecule has 0 saturated carbocycles. The van der Waals surface area contributed by atoms with E-state index in [0.29, 0.717) is 0 Å². The largest absolute Gasteiger partial charge is 0.469 e. The van der Waals surface area contributed by atoms with E-state index >= 15 is 0 Å². The average molecular weight is 316 g/mol. The van der Waals surface area contributed by atoms with E-state index in [1.54, 1.807) is 12.5 Å². The molecule has 0 radical (unpaired) electrons. The predicted octanol–water partition coefficient (Wildman–Crippen LogP) is 6.80. The minimum atomic E-state index is 0.264. The van der Waals surface area contributed by atoms with Crippen LogP contribution in [0.5, 0.6) is 0 Å². The van der Waals surface area contributed by atoms with Gasteiger partial charge in [-0.1, -0.05) is 52.4 Å². The lowest BCUT2D eigenvalue weighted by Crippen LogP contribution is -2.27. The summed E-state index contributed by atoms with van der Waals surface area (Å²) in [5.41, 5.74) is 0.264. The summed E-state index contributed by atoms with van der Waals surface area (Å²) in [6.07, 6.45) is 15.9. The summed E-state index contributed by atoms with van der Waals surface area (Å²) in [5.74, 6) is 2.23. The van der Waals surface area contributed by atoms with Crippen molar-refractivity contribution >= 4 is 0 Å². The van der Waals surface area contributed by atoms with Gasteiger partial charge in [0.15, 0.2) is 0 Å². The molecule has 128 valence electrons. The van der Waals surface area contributed by atoms with Crippen molar-refractivity contribution in [3.8, 4) is 0 Å². The van der Waals surface area contributed by atoms with Crippen LogP contribution in [0.15, 0.2) is 45.6 Å². The second-order valence-corrected chi connectivity index (χ2v) is 6.93. The van der Waals surface area contributed by atoms with E-state index in [1.165, 1.54) is 51.4 Å². The Morgan fingerprint density at radius 2 is 1.22 bits per heavy atom. The highest BCUT2D eigenvalue weighted by Gasteiger charge is 2.31. The lowest BCUT2D eigenvalue weighted by atomic mass is 9.71. The Kier molecular flexibility index (Phi) is 7.51. The molecule has 2 heteroatoms. The highest BCUT2D eigenvalue weighted by Crippen LogP contribution is 2.39. The van der Waals surface area contributed by atoms with Gasteiger partial charge in [0.1, 0.15) is 11.5 Å². The molecule has 0 unspecified atom stereocenters. The van der Waals surface area contributed by atoms with Crippen LogP contribution in [0.2, 0.25) is 0 Å². The van der Waals surface area contributed by atoms with Crippen molar-refractivity contribution < 1.29 is 8.83 Å². The lowest BCUT2D eigenvalue weighted by Gasteiger charge is -2.33. The van der Waals surface area contributed by atoms with Crippen LogP contribution in [0.3, 0.4) is 0 Å². The third-order valence-electron chi connectivity index (χ3n) is 4.88. The van der Waals surface area contributed by atoms with E-state index < -0.39 is 0 Å². The highest BCUT2D eigenvalue weighted by atomic mass is 16.3. The Morgan fingerprint density at radius 3 is 1.57 bits per heavy atom. The van der Waals surface area contributed by atoms with E-state index in [-0.39, 0.29) is 5.41 Å². The molecular weight excluding hydrogens is 284 g/mol. The number of unbranched alkanes of at least 4 members (excludes halogenated alkanes) is 4. The van der Waals surface area contributed by atoms with Crippen LogP contribution in [0.1, 0.15) is 76.7 Å². The maximum absolute atomic E-state index is 5.69. The summed E-state index contributed by atoms with van der Waals surface area (Å²) in [4.78, 5) is 0. The Morgan fingerprint density at radius 1 is 0.739 bits per heavy atom. The maximum atomic E-state index is 5.69. The second kappa shape index (κ2) is 9.64. The molecule has 0 aliphatic heterocycles. The molecule has 23 heavy (non-hydrogen) atoms. The fourth-order valence-corrected chi connectivity index (χ4v) is 3.61. The van der Waals surface area contributed by atoms with E-state index in [4.69, 9.17) is 8.83 Å². The van der Waals surface area contributed by atoms with Crippen LogP contribution in [0, 0.1) is 5.41 Å². The van der Waals surface area contributed by atoms with E-state index in [1.807, 2.05) is 12.1 Å². The van der Waals surface area contributed by atoms with E-state index in [0.717, 1.165) is 24.4 Å². The molecule has 0 amide bonds. The van der Waals surface area contributed by atoms with Crippen molar-refractivity contribution in [1.82, 2.24) is 0 Å². The number of furan rings is 2. The number of hydrogen-bond acceptors (Lipinski definition) is 2. The number of rotatable bonds is 12. The molecule has 0 spiro atoms. The Balaban J connectivity index is 2.14. The first-order chi connectivity index (χ1) is 11.3. The third-order valence-corrected chi connectivity index (χ3v) is 4.88. The molecule has 2 aromatic rings. The lowest BCUT2D eigenvalue weighted by molar-refractivity contribution is 0.192. The fourth-order valence-electron chi connectivity index (χ4n) is 3.61. The molecule has 0 aromatic carbocycles. The maximum Gasteiger partial charge on any atom is 0.104 e. The summed E-state index contributed by atoms with van der Waals surface area (Å²) in [7, 11) is 0. The highest BCUT2D eigenvalue weighted by molar-refractivity contribution is 5.08. The van der Waals surface area contributed by atoms with Crippen molar-refractivity contribution in [2.45, 2.75) is 78.1 Å². The minimum Gasteiger partial charge on any atom is -0.469 e. The van der Waals surface area contributed by atoms with Crippen LogP contribution in [-0.2, 0) is 12.8 Å². The van der Waals surface area contributed by atoms with Gasteiger partial charge in [0.25, 0.3) is 0 Å². The van der Waals surface area contributed by atoms with Crippen molar-refractivity contribution in [3.63, 3.8) is 0 Å². The second-order valence-electron chi connectivity index (χ2n) is 6.93. The zero-order valence-corrected chi connectivity index (χ0v) is 14.9. The summed E-state index contributed by atoms with van der Waals surface area (Å²) in [5, 5.41) is 0. The molecule has 0 N–H and O–H groups in total. The first-order valence-electron chi connectivity index (χ1n) is 9.33. The molecule has 0 aliphatic carbocycles. The van der Waals surface area contributed by atoms with Crippen molar-refractivity contribution in [3.05, 3.63) is 48.3 Å². The first-order valence-corrected chi connectivity index (χ1v) is 9.33. The molecule has 2 heterocycles. The summed E-state index contributed by atoms with van der Waals surface area (Å²) >= 11 is 0. The molecule has 2 nitrogen and oxygen atoms in total. The molecule has 2 aromatic heterocycles. The van der Waals surface area contributed by atoms with Crippen LogP contribution in [0.4, 0.5) is 0 Å². The normalized spacial score (nSPS) is 11.9. The Bertz CT molecular complexity index is 448. The molecule has 0 bridgehead atoms. The average Bonchev–Trinajstić information content (AvgIpc) is 3.22. The van der Waals surface area contributed by atoms with Gasteiger partial charge in [0.2, 0.25) is 0 Å². The van der Waals surface area contributed by atoms with Gasteiger partial charge in [0.05, 0.1) is 12.5 Å². The zero-order chi connectivity index (χ0) is 16.4. The van der Waals surface area contributed by atoms with E-state index in [2.05, 4.69) is 26.0 Å². The van der Waals surface area contributed by atoms with Gasteiger partial charge in [-0.15, -0.1) is 0 Å². The number of hydrogen-bond donors (Lipinski definition) is 0. The first kappa shape index (κ1) is 17.9. The smallest absolute Gasteiger partial charge is 0.104 e. The van der Waals surface area contributed by atoms with Gasteiger partial charge in [-0.25, -0.2) is 0 Å². The Labute approximate surface area is 141 Å². The van der Waals surface area contributed by atoms with Crippen molar-refractivity contribution in [1.29, 1.82) is 0 Å². The SMILES string of the molecule is CCCCCC(CCCCC)(Cc1ccco1)Cc1ccco1. The standard InChI is InChI=1S/C21H32O2/c1-3-5-7-13-21(14-8-6-4-2,17-19-11-9-15-22-19)18-20-12-10-16-23-20/h9-12,15-16H,3-8,13-14,17-18H2,1-2H3. The van der Waals surface area contributed by atoms with Crippen molar-refractivity contribution in [2.24, 2.45) is 5.41 Å². The van der Waals surface area contributed by atoms with Gasteiger partial charge in [-0.05, 0) is 42.5 Å². The predicted molar refractivity (Wildman–Crippen MR) is 95.5 cm³/mol. The van der Waals surface area contributed by atoms with Crippen LogP contribution < -0.4 is 0 Å². The van der Waals surface area contributed by atoms with Crippen LogP contribution in [0.25, 0.3) is 0 Å². The molecule has 0 saturated heterocycles. The molecule has 0 atom stereocenters. The summed E-state index contributed by atoms with van der Waals surface area (Å²) < 4.78 is 11.4. The Hall–Kier alpha value is -1.44. The fraction of sp³-hybridized carbons (Fsp3) is 0.619. The van der Waals surface area contributed by atoms with Gasteiger partial charge in [-0.3, -0.25) is 0 Å². The quantitative estimate of drug-likeness (QED) is 0.402. The zero-order valence-electron chi connectivity index (χ0n) is 14.9. The molecule has 0 fully saturated rings. The monoisotopic (exact) mass is 316 g/mol.